The average Bonchev–Trinajstić information content (AvgIpc) is 3.00. The second-order valence-corrected chi connectivity index (χ2v) is 8.24. The zero-order valence-corrected chi connectivity index (χ0v) is 18.2. The highest BCUT2D eigenvalue weighted by molar-refractivity contribution is 9.11. The number of imidazole rings is 1. The molecule has 3 rings (SSSR count). The predicted octanol–water partition coefficient (Wildman–Crippen LogP) is 5.60. The van der Waals surface area contributed by atoms with E-state index in [9.17, 15) is 0 Å². The molecule has 0 aliphatic carbocycles. The molecule has 138 valence electrons. The first-order valence-electron chi connectivity index (χ1n) is 8.82. The summed E-state index contributed by atoms with van der Waals surface area (Å²) in [7, 11) is 0. The van der Waals surface area contributed by atoms with E-state index >= 15 is 0 Å². The summed E-state index contributed by atoms with van der Waals surface area (Å²) in [6.07, 6.45) is 2.12. The molecule has 6 heteroatoms. The topological polar surface area (TPSA) is 49.9 Å². The van der Waals surface area contributed by atoms with E-state index in [0.29, 0.717) is 0 Å². The lowest BCUT2D eigenvalue weighted by Crippen LogP contribution is -2.16. The predicted molar refractivity (Wildman–Crippen MR) is 114 cm³/mol. The van der Waals surface area contributed by atoms with Crippen molar-refractivity contribution >= 4 is 42.9 Å². The van der Waals surface area contributed by atoms with Crippen LogP contribution < -0.4 is 10.1 Å². The molecule has 2 N–H and O–H groups in total. The van der Waals surface area contributed by atoms with E-state index in [2.05, 4.69) is 65.3 Å². The summed E-state index contributed by atoms with van der Waals surface area (Å²) in [6.45, 7) is 5.81. The summed E-state index contributed by atoms with van der Waals surface area (Å²) >= 11 is 7.20. The normalized spacial score (nSPS) is 11.4. The van der Waals surface area contributed by atoms with E-state index in [4.69, 9.17) is 4.74 Å². The van der Waals surface area contributed by atoms with Crippen molar-refractivity contribution in [3.63, 3.8) is 0 Å². The lowest BCUT2D eigenvalue weighted by atomic mass is 10.2. The molecule has 0 saturated carbocycles. The van der Waals surface area contributed by atoms with Crippen molar-refractivity contribution in [2.45, 2.75) is 39.3 Å². The van der Waals surface area contributed by atoms with Gasteiger partial charge in [0.1, 0.15) is 11.6 Å². The summed E-state index contributed by atoms with van der Waals surface area (Å²) < 4.78 is 7.77. The second kappa shape index (κ2) is 9.02. The minimum Gasteiger partial charge on any atom is -0.489 e. The lowest BCUT2D eigenvalue weighted by molar-refractivity contribution is 0.239. The average molecular weight is 481 g/mol. The highest BCUT2D eigenvalue weighted by Crippen LogP contribution is 2.35. The Morgan fingerprint density at radius 2 is 1.88 bits per heavy atom. The molecular weight excluding hydrogens is 458 g/mol. The molecule has 4 nitrogen and oxygen atoms in total. The molecule has 0 aliphatic rings. The number of hydrogen-bond acceptors (Lipinski definition) is 3. The van der Waals surface area contributed by atoms with Crippen molar-refractivity contribution in [1.82, 2.24) is 15.3 Å². The van der Waals surface area contributed by atoms with Crippen LogP contribution in [-0.2, 0) is 13.0 Å². The molecule has 0 unspecified atom stereocenters. The van der Waals surface area contributed by atoms with Gasteiger partial charge in [-0.2, -0.15) is 0 Å². The highest BCUT2D eigenvalue weighted by Gasteiger charge is 2.10. The Morgan fingerprint density at radius 1 is 1.15 bits per heavy atom. The summed E-state index contributed by atoms with van der Waals surface area (Å²) in [5.41, 5.74) is 3.35. The fourth-order valence-electron chi connectivity index (χ4n) is 2.80. The Bertz CT molecular complexity index is 820. The van der Waals surface area contributed by atoms with Gasteiger partial charge in [0.15, 0.2) is 0 Å². The number of aryl methyl sites for hydroxylation is 1. The van der Waals surface area contributed by atoms with Crippen LogP contribution in [-0.4, -0.2) is 22.6 Å². The SMILES string of the molecule is CC(C)Oc1c(Br)cc(CNCCCc2nc3ccccc3[nH]2)cc1Br. The monoisotopic (exact) mass is 479 g/mol. The molecule has 0 atom stereocenters. The van der Waals surface area contributed by atoms with Crippen LogP contribution in [0.25, 0.3) is 11.0 Å². The molecular formula is C20H23Br2N3O. The van der Waals surface area contributed by atoms with Gasteiger partial charge in [-0.15, -0.1) is 0 Å². The van der Waals surface area contributed by atoms with Gasteiger partial charge in [0.05, 0.1) is 26.1 Å². The van der Waals surface area contributed by atoms with Crippen LogP contribution in [0.15, 0.2) is 45.3 Å². The van der Waals surface area contributed by atoms with E-state index in [1.54, 1.807) is 0 Å². The Kier molecular flexibility index (Phi) is 6.73. The van der Waals surface area contributed by atoms with Crippen LogP contribution in [0.3, 0.4) is 0 Å². The number of para-hydroxylation sites is 2. The van der Waals surface area contributed by atoms with Gasteiger partial charge >= 0.3 is 0 Å². The van der Waals surface area contributed by atoms with Crippen molar-refractivity contribution < 1.29 is 4.74 Å². The lowest BCUT2D eigenvalue weighted by Gasteiger charge is -2.15. The van der Waals surface area contributed by atoms with Crippen molar-refractivity contribution in [3.05, 3.63) is 56.7 Å². The largest absolute Gasteiger partial charge is 0.489 e. The van der Waals surface area contributed by atoms with Crippen LogP contribution in [0.4, 0.5) is 0 Å². The van der Waals surface area contributed by atoms with E-state index in [0.717, 1.165) is 57.5 Å². The zero-order chi connectivity index (χ0) is 18.5. The summed E-state index contributed by atoms with van der Waals surface area (Å²) in [6, 6.07) is 12.4. The van der Waals surface area contributed by atoms with Gasteiger partial charge in [0.2, 0.25) is 0 Å². The van der Waals surface area contributed by atoms with Gasteiger partial charge in [0.25, 0.3) is 0 Å². The number of benzene rings is 2. The number of aromatic amines is 1. The smallest absolute Gasteiger partial charge is 0.148 e. The summed E-state index contributed by atoms with van der Waals surface area (Å²) in [4.78, 5) is 7.99. The molecule has 0 saturated heterocycles. The molecule has 1 heterocycles. The van der Waals surface area contributed by atoms with E-state index in [-0.39, 0.29) is 6.10 Å². The van der Waals surface area contributed by atoms with E-state index < -0.39 is 0 Å². The number of hydrogen-bond donors (Lipinski definition) is 2. The number of rotatable bonds is 8. The molecule has 0 fully saturated rings. The molecule has 2 aromatic carbocycles. The maximum Gasteiger partial charge on any atom is 0.148 e. The molecule has 0 spiro atoms. The zero-order valence-electron chi connectivity index (χ0n) is 15.0. The van der Waals surface area contributed by atoms with Gasteiger partial charge in [-0.3, -0.25) is 0 Å². The first-order chi connectivity index (χ1) is 12.5. The third-order valence-electron chi connectivity index (χ3n) is 3.95. The standard InChI is InChI=1S/C20H23Br2N3O/c1-13(2)26-20-15(21)10-14(11-16(20)22)12-23-9-5-8-19-24-17-6-3-4-7-18(17)25-19/h3-4,6-7,10-11,13,23H,5,8-9,12H2,1-2H3,(H,24,25). The van der Waals surface area contributed by atoms with Crippen LogP contribution >= 0.6 is 31.9 Å². The third kappa shape index (κ3) is 5.09. The molecule has 0 radical (unpaired) electrons. The first kappa shape index (κ1) is 19.4. The van der Waals surface area contributed by atoms with Crippen LogP contribution in [0.5, 0.6) is 5.75 Å². The van der Waals surface area contributed by atoms with Gasteiger partial charge in [0, 0.05) is 13.0 Å². The number of nitrogens with zero attached hydrogens (tertiary/aromatic N) is 1. The van der Waals surface area contributed by atoms with Crippen molar-refractivity contribution in [2.75, 3.05) is 6.54 Å². The fourth-order valence-corrected chi connectivity index (χ4v) is 4.27. The van der Waals surface area contributed by atoms with E-state index in [1.165, 1.54) is 5.56 Å². The number of aromatic nitrogens is 2. The molecule has 3 aromatic rings. The van der Waals surface area contributed by atoms with Crippen molar-refractivity contribution in [2.24, 2.45) is 0 Å². The Hall–Kier alpha value is -1.37. The van der Waals surface area contributed by atoms with Crippen LogP contribution in [0.2, 0.25) is 0 Å². The van der Waals surface area contributed by atoms with Gasteiger partial charge < -0.3 is 15.0 Å². The quantitative estimate of drug-likeness (QED) is 0.412. The second-order valence-electron chi connectivity index (χ2n) is 6.54. The molecule has 0 amide bonds. The van der Waals surface area contributed by atoms with Gasteiger partial charge in [-0.05, 0) is 88.5 Å². The van der Waals surface area contributed by atoms with E-state index in [1.807, 2.05) is 32.0 Å². The highest BCUT2D eigenvalue weighted by atomic mass is 79.9. The van der Waals surface area contributed by atoms with Crippen molar-refractivity contribution in [3.8, 4) is 5.75 Å². The Balaban J connectivity index is 1.47. The first-order valence-corrected chi connectivity index (χ1v) is 10.4. The van der Waals surface area contributed by atoms with Crippen LogP contribution in [0, 0.1) is 0 Å². The van der Waals surface area contributed by atoms with Crippen LogP contribution in [0.1, 0.15) is 31.7 Å². The number of H-pyrrole nitrogens is 1. The van der Waals surface area contributed by atoms with Crippen molar-refractivity contribution in [1.29, 1.82) is 0 Å². The maximum atomic E-state index is 5.82. The minimum atomic E-state index is 0.143. The number of nitrogens with one attached hydrogen (secondary N) is 2. The number of ether oxygens (including phenoxy) is 1. The Labute approximate surface area is 171 Å². The van der Waals surface area contributed by atoms with Gasteiger partial charge in [-0.25, -0.2) is 4.98 Å². The number of fused-ring (bicyclic) bond motifs is 1. The molecule has 26 heavy (non-hydrogen) atoms. The maximum absolute atomic E-state index is 5.82. The van der Waals surface area contributed by atoms with Gasteiger partial charge in [-0.1, -0.05) is 12.1 Å². The number of halogens is 2. The third-order valence-corrected chi connectivity index (χ3v) is 5.12. The molecule has 1 aromatic heterocycles. The molecule has 0 aliphatic heterocycles. The minimum absolute atomic E-state index is 0.143. The fraction of sp³-hybridized carbons (Fsp3) is 0.350. The summed E-state index contributed by atoms with van der Waals surface area (Å²) in [5.74, 6) is 1.90. The Morgan fingerprint density at radius 3 is 2.58 bits per heavy atom. The summed E-state index contributed by atoms with van der Waals surface area (Å²) in [5, 5.41) is 3.50. The molecule has 0 bridgehead atoms.